The van der Waals surface area contributed by atoms with Gasteiger partial charge in [0.2, 0.25) is 0 Å². The minimum atomic E-state index is -0.342. The molecule has 0 saturated carbocycles. The number of hydrogen-bond acceptors (Lipinski definition) is 2. The number of aliphatic hydroxyl groups is 1. The molecular weight excluding hydrogens is 174 g/mol. The number of aliphatic hydroxyl groups excluding tert-OH is 1. The maximum atomic E-state index is 9.09. The highest BCUT2D eigenvalue weighted by Gasteiger charge is 2.01. The molecule has 1 unspecified atom stereocenters. The summed E-state index contributed by atoms with van der Waals surface area (Å²) in [5.74, 6) is 0. The van der Waals surface area contributed by atoms with Crippen LogP contribution in [0, 0.1) is 0 Å². The van der Waals surface area contributed by atoms with Crippen LogP contribution in [0.15, 0.2) is 18.2 Å². The van der Waals surface area contributed by atoms with Crippen LogP contribution in [-0.2, 0) is 6.42 Å². The summed E-state index contributed by atoms with van der Waals surface area (Å²) < 4.78 is 0. The summed E-state index contributed by atoms with van der Waals surface area (Å²) in [5, 5.41) is 9.65. The average Bonchev–Trinajstić information content (AvgIpc) is 1.96. The quantitative estimate of drug-likeness (QED) is 0.691. The van der Waals surface area contributed by atoms with Crippen LogP contribution in [0.2, 0.25) is 5.02 Å². The second kappa shape index (κ2) is 3.78. The van der Waals surface area contributed by atoms with Gasteiger partial charge in [-0.15, -0.1) is 0 Å². The summed E-state index contributed by atoms with van der Waals surface area (Å²) in [4.78, 5) is 0. The third kappa shape index (κ3) is 2.40. The summed E-state index contributed by atoms with van der Waals surface area (Å²) in [6, 6.07) is 5.40. The lowest BCUT2D eigenvalue weighted by atomic mass is 10.1. The van der Waals surface area contributed by atoms with Gasteiger partial charge in [0, 0.05) is 0 Å². The molecule has 0 aliphatic carbocycles. The van der Waals surface area contributed by atoms with Gasteiger partial charge in [-0.1, -0.05) is 17.7 Å². The zero-order valence-electron chi connectivity index (χ0n) is 6.92. The number of benzene rings is 1. The van der Waals surface area contributed by atoms with Gasteiger partial charge in [-0.3, -0.25) is 0 Å². The Bertz CT molecular complexity index is 273. The van der Waals surface area contributed by atoms with Crippen LogP contribution in [0.5, 0.6) is 0 Å². The van der Waals surface area contributed by atoms with E-state index in [-0.39, 0.29) is 6.10 Å². The van der Waals surface area contributed by atoms with Crippen molar-refractivity contribution in [1.29, 1.82) is 0 Å². The highest BCUT2D eigenvalue weighted by molar-refractivity contribution is 6.33. The Hall–Kier alpha value is -0.730. The Labute approximate surface area is 77.0 Å². The van der Waals surface area contributed by atoms with E-state index in [0.29, 0.717) is 17.1 Å². The van der Waals surface area contributed by atoms with E-state index in [4.69, 9.17) is 22.4 Å². The number of nitrogen functional groups attached to an aromatic ring is 1. The summed E-state index contributed by atoms with van der Waals surface area (Å²) in [6.45, 7) is 1.74. The fourth-order valence-corrected chi connectivity index (χ4v) is 1.18. The van der Waals surface area contributed by atoms with Gasteiger partial charge in [-0.25, -0.2) is 0 Å². The number of anilines is 1. The predicted molar refractivity (Wildman–Crippen MR) is 51.2 cm³/mol. The number of nitrogens with two attached hydrogens (primary N) is 1. The van der Waals surface area contributed by atoms with Crippen molar-refractivity contribution < 1.29 is 5.11 Å². The Balaban J connectivity index is 2.82. The van der Waals surface area contributed by atoms with Gasteiger partial charge in [0.1, 0.15) is 0 Å². The Morgan fingerprint density at radius 2 is 2.25 bits per heavy atom. The van der Waals surface area contributed by atoms with Crippen LogP contribution in [0.3, 0.4) is 0 Å². The molecule has 66 valence electrons. The standard InChI is InChI=1S/C9H12ClNO/c1-6(12)4-7-2-3-8(10)9(11)5-7/h2-3,5-6,12H,4,11H2,1H3. The minimum absolute atomic E-state index is 0.342. The number of hydrogen-bond donors (Lipinski definition) is 2. The van der Waals surface area contributed by atoms with Gasteiger partial charge >= 0.3 is 0 Å². The molecule has 0 radical (unpaired) electrons. The molecule has 2 nitrogen and oxygen atoms in total. The SMILES string of the molecule is CC(O)Cc1ccc(Cl)c(N)c1. The van der Waals surface area contributed by atoms with Crippen LogP contribution in [0.25, 0.3) is 0 Å². The molecule has 0 aliphatic rings. The number of halogens is 1. The molecular formula is C9H12ClNO. The predicted octanol–water partition coefficient (Wildman–Crippen LogP) is 1.85. The van der Waals surface area contributed by atoms with E-state index in [2.05, 4.69) is 0 Å². The lowest BCUT2D eigenvalue weighted by Crippen LogP contribution is -2.04. The molecule has 1 aromatic carbocycles. The summed E-state index contributed by atoms with van der Waals surface area (Å²) in [6.07, 6.45) is 0.270. The molecule has 0 heterocycles. The molecule has 1 rings (SSSR count). The van der Waals surface area contributed by atoms with Crippen LogP contribution in [-0.4, -0.2) is 11.2 Å². The fraction of sp³-hybridized carbons (Fsp3) is 0.333. The summed E-state index contributed by atoms with van der Waals surface area (Å²) in [5.41, 5.74) is 7.15. The van der Waals surface area contributed by atoms with Gasteiger partial charge in [-0.05, 0) is 31.0 Å². The monoisotopic (exact) mass is 185 g/mol. The summed E-state index contributed by atoms with van der Waals surface area (Å²) >= 11 is 5.73. The van der Waals surface area contributed by atoms with Gasteiger partial charge < -0.3 is 10.8 Å². The highest BCUT2D eigenvalue weighted by atomic mass is 35.5. The van der Waals surface area contributed by atoms with Crippen molar-refractivity contribution in [3.63, 3.8) is 0 Å². The molecule has 0 saturated heterocycles. The molecule has 1 aromatic rings. The lowest BCUT2D eigenvalue weighted by molar-refractivity contribution is 0.195. The second-order valence-corrected chi connectivity index (χ2v) is 3.32. The van der Waals surface area contributed by atoms with Crippen molar-refractivity contribution in [3.8, 4) is 0 Å². The first kappa shape index (κ1) is 9.36. The Kier molecular flexibility index (Phi) is 2.95. The van der Waals surface area contributed by atoms with Crippen molar-refractivity contribution >= 4 is 17.3 Å². The molecule has 3 heteroatoms. The van der Waals surface area contributed by atoms with E-state index in [1.165, 1.54) is 0 Å². The van der Waals surface area contributed by atoms with Crippen molar-refractivity contribution in [2.24, 2.45) is 0 Å². The molecule has 0 aromatic heterocycles. The Morgan fingerprint density at radius 3 is 2.75 bits per heavy atom. The Morgan fingerprint density at radius 1 is 1.58 bits per heavy atom. The fourth-order valence-electron chi connectivity index (χ4n) is 1.06. The van der Waals surface area contributed by atoms with E-state index >= 15 is 0 Å². The maximum absolute atomic E-state index is 9.09. The first-order valence-electron chi connectivity index (χ1n) is 3.81. The first-order valence-corrected chi connectivity index (χ1v) is 4.19. The molecule has 0 bridgehead atoms. The summed E-state index contributed by atoms with van der Waals surface area (Å²) in [7, 11) is 0. The average molecular weight is 186 g/mol. The van der Waals surface area contributed by atoms with Crippen LogP contribution in [0.1, 0.15) is 12.5 Å². The topological polar surface area (TPSA) is 46.2 Å². The maximum Gasteiger partial charge on any atom is 0.0635 e. The smallest absolute Gasteiger partial charge is 0.0635 e. The number of rotatable bonds is 2. The highest BCUT2D eigenvalue weighted by Crippen LogP contribution is 2.20. The van der Waals surface area contributed by atoms with Crippen molar-refractivity contribution in [3.05, 3.63) is 28.8 Å². The van der Waals surface area contributed by atoms with Crippen molar-refractivity contribution in [2.45, 2.75) is 19.4 Å². The van der Waals surface area contributed by atoms with Gasteiger partial charge in [0.15, 0.2) is 0 Å². The van der Waals surface area contributed by atoms with Gasteiger partial charge in [-0.2, -0.15) is 0 Å². The third-order valence-electron chi connectivity index (χ3n) is 1.59. The van der Waals surface area contributed by atoms with E-state index in [1.807, 2.05) is 6.07 Å². The zero-order chi connectivity index (χ0) is 9.14. The molecule has 3 N–H and O–H groups in total. The second-order valence-electron chi connectivity index (χ2n) is 2.91. The van der Waals surface area contributed by atoms with Gasteiger partial charge in [0.25, 0.3) is 0 Å². The zero-order valence-corrected chi connectivity index (χ0v) is 7.67. The molecule has 0 fully saturated rings. The first-order chi connectivity index (χ1) is 5.59. The van der Waals surface area contributed by atoms with Crippen molar-refractivity contribution in [1.82, 2.24) is 0 Å². The van der Waals surface area contributed by atoms with E-state index in [1.54, 1.807) is 19.1 Å². The van der Waals surface area contributed by atoms with Crippen molar-refractivity contribution in [2.75, 3.05) is 5.73 Å². The molecule has 12 heavy (non-hydrogen) atoms. The lowest BCUT2D eigenvalue weighted by Gasteiger charge is -2.05. The van der Waals surface area contributed by atoms with Crippen LogP contribution < -0.4 is 5.73 Å². The molecule has 0 aliphatic heterocycles. The van der Waals surface area contributed by atoms with E-state index < -0.39 is 0 Å². The molecule has 0 amide bonds. The van der Waals surface area contributed by atoms with Crippen LogP contribution >= 0.6 is 11.6 Å². The molecule has 0 spiro atoms. The molecule has 1 atom stereocenters. The van der Waals surface area contributed by atoms with E-state index in [9.17, 15) is 0 Å². The largest absolute Gasteiger partial charge is 0.398 e. The van der Waals surface area contributed by atoms with E-state index in [0.717, 1.165) is 5.56 Å². The van der Waals surface area contributed by atoms with Crippen LogP contribution in [0.4, 0.5) is 5.69 Å². The van der Waals surface area contributed by atoms with Gasteiger partial charge in [0.05, 0.1) is 16.8 Å². The normalized spacial score (nSPS) is 12.9. The minimum Gasteiger partial charge on any atom is -0.398 e. The third-order valence-corrected chi connectivity index (χ3v) is 1.94.